The molecule has 0 aromatic heterocycles. The summed E-state index contributed by atoms with van der Waals surface area (Å²) in [6, 6.07) is 11.5. The largest absolute Gasteiger partial charge is 0.462 e. The summed E-state index contributed by atoms with van der Waals surface area (Å²) in [4.78, 5) is 14.4. The summed E-state index contributed by atoms with van der Waals surface area (Å²) < 4.78 is 13.0. The molecule has 1 aromatic carbocycles. The first kappa shape index (κ1) is 21.5. The van der Waals surface area contributed by atoms with Gasteiger partial charge in [0.05, 0.1) is 6.10 Å². The number of piperidine rings is 1. The van der Waals surface area contributed by atoms with E-state index in [0.29, 0.717) is 12.1 Å². The average molecular weight is 404 g/mol. The monoisotopic (exact) mass is 403 g/mol. The highest BCUT2D eigenvalue weighted by Crippen LogP contribution is 2.49. The van der Waals surface area contributed by atoms with Crippen molar-refractivity contribution in [2.24, 2.45) is 5.92 Å². The van der Waals surface area contributed by atoms with E-state index in [1.54, 1.807) is 0 Å². The quantitative estimate of drug-likeness (QED) is 0.502. The van der Waals surface area contributed by atoms with Crippen LogP contribution in [-0.2, 0) is 14.0 Å². The molecule has 3 rings (SSSR count). The van der Waals surface area contributed by atoms with E-state index in [9.17, 15) is 4.79 Å². The number of carbonyl (C=O) groups excluding carboxylic acids is 1. The second-order valence-electron chi connectivity index (χ2n) is 10.1. The Morgan fingerprint density at radius 3 is 2.39 bits per heavy atom. The molecular formula is C23H37NO3Si. The summed E-state index contributed by atoms with van der Waals surface area (Å²) in [5.41, 5.74) is 1.20. The number of fused-ring (bicyclic) bond motifs is 2. The number of benzene rings is 1. The minimum absolute atomic E-state index is 0.0575. The highest BCUT2D eigenvalue weighted by Gasteiger charge is 2.52. The van der Waals surface area contributed by atoms with Gasteiger partial charge in [-0.25, -0.2) is 0 Å². The third-order valence-corrected chi connectivity index (χ3v) is 11.8. The van der Waals surface area contributed by atoms with E-state index in [0.717, 1.165) is 12.8 Å². The van der Waals surface area contributed by atoms with E-state index in [1.165, 1.54) is 18.9 Å². The maximum atomic E-state index is 11.9. The van der Waals surface area contributed by atoms with Crippen molar-refractivity contribution in [3.8, 4) is 0 Å². The molecule has 5 atom stereocenters. The molecule has 28 heavy (non-hydrogen) atoms. The topological polar surface area (TPSA) is 38.8 Å². The molecule has 2 fully saturated rings. The minimum Gasteiger partial charge on any atom is -0.462 e. The van der Waals surface area contributed by atoms with Crippen LogP contribution >= 0.6 is 0 Å². The van der Waals surface area contributed by atoms with Gasteiger partial charge in [0, 0.05) is 31.3 Å². The molecule has 156 valence electrons. The zero-order valence-corrected chi connectivity index (χ0v) is 19.6. The van der Waals surface area contributed by atoms with Crippen molar-refractivity contribution in [2.45, 2.75) is 89.4 Å². The van der Waals surface area contributed by atoms with Gasteiger partial charge in [-0.2, -0.15) is 0 Å². The molecule has 0 radical (unpaired) electrons. The van der Waals surface area contributed by atoms with Crippen LogP contribution in [0.15, 0.2) is 30.3 Å². The Morgan fingerprint density at radius 1 is 1.18 bits per heavy atom. The second-order valence-corrected chi connectivity index (χ2v) is 14.9. The van der Waals surface area contributed by atoms with Gasteiger partial charge in [-0.15, -0.1) is 0 Å². The first-order valence-electron chi connectivity index (χ1n) is 10.6. The van der Waals surface area contributed by atoms with E-state index in [-0.39, 0.29) is 29.1 Å². The van der Waals surface area contributed by atoms with Crippen LogP contribution in [0.4, 0.5) is 0 Å². The molecule has 2 saturated heterocycles. The van der Waals surface area contributed by atoms with Gasteiger partial charge in [-0.1, -0.05) is 51.1 Å². The Bertz CT molecular complexity index is 685. The van der Waals surface area contributed by atoms with Crippen molar-refractivity contribution >= 4 is 14.3 Å². The summed E-state index contributed by atoms with van der Waals surface area (Å²) in [7, 11) is 0.216. The Morgan fingerprint density at radius 2 is 1.82 bits per heavy atom. The molecule has 4 nitrogen and oxygen atoms in total. The van der Waals surface area contributed by atoms with Crippen molar-refractivity contribution in [1.82, 2.24) is 4.90 Å². The molecule has 0 spiro atoms. The van der Waals surface area contributed by atoms with Crippen LogP contribution in [0.1, 0.15) is 58.6 Å². The van der Waals surface area contributed by atoms with Crippen molar-refractivity contribution in [1.29, 1.82) is 0 Å². The number of rotatable bonds is 5. The Hall–Kier alpha value is -1.17. The molecule has 2 aliphatic heterocycles. The van der Waals surface area contributed by atoms with E-state index in [1.807, 2.05) is 0 Å². The molecule has 0 N–H and O–H groups in total. The number of esters is 1. The average Bonchev–Trinajstić information content (AvgIpc) is 2.84. The van der Waals surface area contributed by atoms with E-state index in [4.69, 9.17) is 9.16 Å². The summed E-state index contributed by atoms with van der Waals surface area (Å²) in [5.74, 6) is -0.0257. The Balaban J connectivity index is 2.02. The molecule has 1 aromatic rings. The first-order chi connectivity index (χ1) is 13.0. The molecule has 0 amide bonds. The third kappa shape index (κ3) is 4.21. The van der Waals surface area contributed by atoms with E-state index in [2.05, 4.69) is 76.1 Å². The fourth-order valence-electron chi connectivity index (χ4n) is 4.70. The maximum Gasteiger partial charge on any atom is 0.302 e. The molecule has 2 aliphatic rings. The summed E-state index contributed by atoms with van der Waals surface area (Å²) in [6.45, 7) is 13.0. The molecule has 0 aliphatic carbocycles. The highest BCUT2D eigenvalue weighted by atomic mass is 28.4. The first-order valence-corrected chi connectivity index (χ1v) is 13.5. The molecule has 5 heteroatoms. The molecular weight excluding hydrogens is 366 g/mol. The molecule has 2 heterocycles. The third-order valence-electron chi connectivity index (χ3n) is 7.30. The van der Waals surface area contributed by atoms with Gasteiger partial charge in [-0.3, -0.25) is 9.69 Å². The number of hydrogen-bond acceptors (Lipinski definition) is 4. The number of nitrogens with zero attached hydrogens (tertiary/aromatic N) is 1. The minimum atomic E-state index is -2.01. The van der Waals surface area contributed by atoms with Crippen molar-refractivity contribution in [2.75, 3.05) is 7.05 Å². The lowest BCUT2D eigenvalue weighted by Gasteiger charge is -2.48. The maximum absolute atomic E-state index is 11.9. The lowest BCUT2D eigenvalue weighted by Crippen LogP contribution is -2.54. The van der Waals surface area contributed by atoms with E-state index < -0.39 is 8.32 Å². The van der Waals surface area contributed by atoms with Gasteiger partial charge < -0.3 is 9.16 Å². The zero-order chi connectivity index (χ0) is 20.7. The number of hydrogen-bond donors (Lipinski definition) is 0. The van der Waals surface area contributed by atoms with Crippen LogP contribution in [-0.4, -0.2) is 44.4 Å². The summed E-state index contributed by atoms with van der Waals surface area (Å²) in [5, 5.41) is 0.121. The van der Waals surface area contributed by atoms with Gasteiger partial charge in [0.2, 0.25) is 0 Å². The standard InChI is InChI=1S/C23H37NO3Si/c1-16(25)26-20-15-18-13-14-19(24(18)5)21(20)22(17-11-9-8-10-12-17)27-28(6,7)23(2,3)4/h8-12,18-22H,13-15H2,1-7H3/t18-,19+,20+,21-,22-/m1/s1. The van der Waals surface area contributed by atoms with Crippen LogP contribution in [0.3, 0.4) is 0 Å². The molecule has 2 bridgehead atoms. The van der Waals surface area contributed by atoms with Crippen LogP contribution in [0, 0.1) is 5.92 Å². The van der Waals surface area contributed by atoms with Gasteiger partial charge in [0.25, 0.3) is 0 Å². The fourth-order valence-corrected chi connectivity index (χ4v) is 5.99. The van der Waals surface area contributed by atoms with Crippen LogP contribution < -0.4 is 0 Å². The Labute approximate surface area is 171 Å². The lowest BCUT2D eigenvalue weighted by atomic mass is 9.80. The van der Waals surface area contributed by atoms with Crippen LogP contribution in [0.2, 0.25) is 18.1 Å². The van der Waals surface area contributed by atoms with Crippen LogP contribution in [0.5, 0.6) is 0 Å². The van der Waals surface area contributed by atoms with Crippen LogP contribution in [0.25, 0.3) is 0 Å². The Kier molecular flexibility index (Phi) is 6.09. The van der Waals surface area contributed by atoms with Crippen molar-refractivity contribution < 1.29 is 14.0 Å². The normalized spacial score (nSPS) is 29.5. The second kappa shape index (κ2) is 7.92. The fraction of sp³-hybridized carbons (Fsp3) is 0.696. The summed E-state index contributed by atoms with van der Waals surface area (Å²) >= 11 is 0. The van der Waals surface area contributed by atoms with Gasteiger partial charge in [-0.05, 0) is 43.6 Å². The molecule has 0 unspecified atom stereocenters. The van der Waals surface area contributed by atoms with Gasteiger partial charge in [0.15, 0.2) is 8.32 Å². The predicted molar refractivity (Wildman–Crippen MR) is 116 cm³/mol. The van der Waals surface area contributed by atoms with Gasteiger partial charge in [0.1, 0.15) is 6.10 Å². The zero-order valence-electron chi connectivity index (χ0n) is 18.6. The predicted octanol–water partition coefficient (Wildman–Crippen LogP) is 5.16. The smallest absolute Gasteiger partial charge is 0.302 e. The van der Waals surface area contributed by atoms with Crippen molar-refractivity contribution in [3.05, 3.63) is 35.9 Å². The van der Waals surface area contributed by atoms with E-state index >= 15 is 0 Å². The molecule has 0 saturated carbocycles. The number of carbonyl (C=O) groups is 1. The SMILES string of the molecule is CC(=O)O[C@H]1C[C@H]2CC[C@@H]([C@H]1[C@H](O[Si](C)(C)C(C)(C)C)c1ccccc1)N2C. The highest BCUT2D eigenvalue weighted by molar-refractivity contribution is 6.74. The van der Waals surface area contributed by atoms with Crippen molar-refractivity contribution in [3.63, 3.8) is 0 Å². The summed E-state index contributed by atoms with van der Waals surface area (Å²) in [6.07, 6.45) is 3.09. The van der Waals surface area contributed by atoms with Gasteiger partial charge >= 0.3 is 5.97 Å². The number of ether oxygens (including phenoxy) is 1. The lowest BCUT2D eigenvalue weighted by molar-refractivity contribution is -0.159.